The number of amides is 2. The molecule has 3 aliphatic rings. The first-order chi connectivity index (χ1) is 28.3. The lowest BCUT2D eigenvalue weighted by Gasteiger charge is -2.51. The lowest BCUT2D eigenvalue weighted by Crippen LogP contribution is -2.63. The molecule has 1 heterocycles. The lowest BCUT2D eigenvalue weighted by atomic mass is 9.59. The average Bonchev–Trinajstić information content (AvgIpc) is 3.46. The number of carbonyl (C=O) groups is 3. The number of halogens is 4. The van der Waals surface area contributed by atoms with Crippen molar-refractivity contribution in [2.45, 2.75) is 134 Å². The molecule has 14 heteroatoms. The van der Waals surface area contributed by atoms with Crippen molar-refractivity contribution in [1.82, 2.24) is 10.3 Å². The molecule has 0 unspecified atom stereocenters. The topological polar surface area (TPSA) is 116 Å². The maximum absolute atomic E-state index is 14.5. The summed E-state index contributed by atoms with van der Waals surface area (Å²) in [6.07, 6.45) is 0.420. The minimum Gasteiger partial charge on any atom is -0.493 e. The Morgan fingerprint density at radius 1 is 1.03 bits per heavy atom. The van der Waals surface area contributed by atoms with Gasteiger partial charge in [0.25, 0.3) is 0 Å². The zero-order chi connectivity index (χ0) is 43.6. The van der Waals surface area contributed by atoms with E-state index in [0.717, 1.165) is 55.4 Å². The van der Waals surface area contributed by atoms with Crippen molar-refractivity contribution < 1.29 is 46.5 Å². The highest BCUT2D eigenvalue weighted by Gasteiger charge is 2.60. The van der Waals surface area contributed by atoms with Crippen LogP contribution in [0.3, 0.4) is 0 Å². The molecule has 0 radical (unpaired) electrons. The Balaban J connectivity index is 1.31. The quantitative estimate of drug-likeness (QED) is 0.179. The van der Waals surface area contributed by atoms with E-state index >= 15 is 0 Å². The molecule has 60 heavy (non-hydrogen) atoms. The first-order valence-electron chi connectivity index (χ1n) is 20.9. The third-order valence-corrected chi connectivity index (χ3v) is 12.6. The maximum Gasteiger partial charge on any atom is 0.471 e. The number of hydrogen-bond acceptors (Lipinski definition) is 8. The van der Waals surface area contributed by atoms with Gasteiger partial charge >= 0.3 is 24.1 Å². The van der Waals surface area contributed by atoms with Gasteiger partial charge in [0.2, 0.25) is 0 Å². The van der Waals surface area contributed by atoms with Gasteiger partial charge < -0.3 is 24.3 Å². The Kier molecular flexibility index (Phi) is 13.4. The zero-order valence-electron chi connectivity index (χ0n) is 35.5. The Morgan fingerprint density at radius 3 is 2.43 bits per heavy atom. The van der Waals surface area contributed by atoms with E-state index in [1.807, 2.05) is 31.2 Å². The highest BCUT2D eigenvalue weighted by molar-refractivity contribution is 6.31. The number of anilines is 1. The van der Waals surface area contributed by atoms with Gasteiger partial charge in [-0.2, -0.15) is 13.2 Å². The maximum atomic E-state index is 14.5. The molecule has 3 aliphatic carbocycles. The van der Waals surface area contributed by atoms with E-state index in [9.17, 15) is 27.6 Å². The van der Waals surface area contributed by atoms with Crippen LogP contribution in [-0.4, -0.2) is 66.6 Å². The van der Waals surface area contributed by atoms with Crippen molar-refractivity contribution in [2.24, 2.45) is 11.8 Å². The Morgan fingerprint density at radius 2 is 1.77 bits per heavy atom. The molecular weight excluding hydrogens is 799 g/mol. The molecule has 1 spiro atoms. The number of aromatic nitrogens is 1. The summed E-state index contributed by atoms with van der Waals surface area (Å²) < 4.78 is 66.9. The van der Waals surface area contributed by atoms with Gasteiger partial charge in [0.05, 0.1) is 20.3 Å². The molecule has 2 amide bonds. The summed E-state index contributed by atoms with van der Waals surface area (Å²) in [7, 11) is 1.13. The van der Waals surface area contributed by atoms with E-state index in [1.54, 1.807) is 27.0 Å². The predicted octanol–water partition coefficient (Wildman–Crippen LogP) is 10.1. The third-order valence-electron chi connectivity index (χ3n) is 12.4. The van der Waals surface area contributed by atoms with Crippen LogP contribution in [0.4, 0.5) is 23.7 Å². The van der Waals surface area contributed by atoms with Gasteiger partial charge in [-0.25, -0.2) is 9.59 Å². The summed E-state index contributed by atoms with van der Waals surface area (Å²) in [5, 5.41) is 2.86. The Labute approximate surface area is 355 Å². The first kappa shape index (κ1) is 45.0. The standard InChI is InChI=1S/C46H57ClF3N3O7/c1-28(27-58-38-16-21-51-37-13-8-10-29(2)39(37)38)22-32-23-31-14-15-35(59-30(3)26-52-42(56)60-43(4,5)6)25-36(31)44(32)17-19-45(20-18-44,41(55)57-7)53(40(54)46(48,49)50)34-12-9-11-33(47)24-34/h9,11-12,14-16,21,24-25,28-30,32H,8,10,13,17-20,22-23,26-27H2,1-7H3,(H,52,56)/t28-,29-,30+,32+,44?,45?/m1/s1. The van der Waals surface area contributed by atoms with E-state index in [-0.39, 0.29) is 54.8 Å². The number of alkyl halides is 3. The van der Waals surface area contributed by atoms with Crippen LogP contribution in [-0.2, 0) is 37.3 Å². The summed E-state index contributed by atoms with van der Waals surface area (Å²) in [4.78, 5) is 44.9. The largest absolute Gasteiger partial charge is 0.493 e. The zero-order valence-corrected chi connectivity index (χ0v) is 36.3. The molecule has 2 aromatic carbocycles. The number of methoxy groups -OCH3 is 1. The molecule has 1 fully saturated rings. The second kappa shape index (κ2) is 17.8. The highest BCUT2D eigenvalue weighted by Crippen LogP contribution is 2.58. The summed E-state index contributed by atoms with van der Waals surface area (Å²) >= 11 is 6.26. The fourth-order valence-electron chi connectivity index (χ4n) is 9.73. The molecule has 10 nitrogen and oxygen atoms in total. The van der Waals surface area contributed by atoms with Crippen molar-refractivity contribution >= 4 is 35.3 Å². The van der Waals surface area contributed by atoms with Gasteiger partial charge in [0.1, 0.15) is 28.7 Å². The van der Waals surface area contributed by atoms with Crippen LogP contribution in [0.5, 0.6) is 11.5 Å². The minimum atomic E-state index is -5.29. The van der Waals surface area contributed by atoms with Gasteiger partial charge in [-0.05, 0) is 156 Å². The number of alkyl carbamates (subject to hydrolysis) is 1. The summed E-state index contributed by atoms with van der Waals surface area (Å²) in [6, 6.07) is 13.4. The number of aryl methyl sites for hydroxylation is 1. The van der Waals surface area contributed by atoms with Crippen LogP contribution in [0, 0.1) is 11.8 Å². The molecule has 0 bridgehead atoms. The molecule has 1 saturated carbocycles. The van der Waals surface area contributed by atoms with Crippen LogP contribution in [0.1, 0.15) is 115 Å². The van der Waals surface area contributed by atoms with E-state index < -0.39 is 46.8 Å². The Bertz CT molecular complexity index is 2050. The van der Waals surface area contributed by atoms with Crippen LogP contribution in [0.25, 0.3) is 0 Å². The van der Waals surface area contributed by atoms with Gasteiger partial charge in [-0.3, -0.25) is 14.7 Å². The molecular formula is C46H57ClF3N3O7. The molecule has 0 aliphatic heterocycles. The normalized spacial score (nSPS) is 23.4. The number of hydrogen-bond donors (Lipinski definition) is 1. The first-order valence-corrected chi connectivity index (χ1v) is 21.3. The summed E-state index contributed by atoms with van der Waals surface area (Å²) in [6.45, 7) is 12.2. The van der Waals surface area contributed by atoms with Crippen molar-refractivity contribution in [2.75, 3.05) is 25.2 Å². The average molecular weight is 856 g/mol. The van der Waals surface area contributed by atoms with Crippen molar-refractivity contribution in [1.29, 1.82) is 0 Å². The smallest absolute Gasteiger partial charge is 0.471 e. The minimum absolute atomic E-state index is 0.0199. The van der Waals surface area contributed by atoms with Crippen molar-refractivity contribution in [3.8, 4) is 11.5 Å². The van der Waals surface area contributed by atoms with Crippen LogP contribution >= 0.6 is 11.6 Å². The van der Waals surface area contributed by atoms with Gasteiger partial charge in [0, 0.05) is 28.2 Å². The molecule has 326 valence electrons. The number of pyridine rings is 1. The highest BCUT2D eigenvalue weighted by atomic mass is 35.5. The molecule has 4 atom stereocenters. The number of fused-ring (bicyclic) bond motifs is 3. The van der Waals surface area contributed by atoms with Gasteiger partial charge in [0.15, 0.2) is 0 Å². The number of benzene rings is 2. The Hall–Kier alpha value is -4.52. The lowest BCUT2D eigenvalue weighted by molar-refractivity contribution is -0.174. The van der Waals surface area contributed by atoms with Crippen molar-refractivity contribution in [3.05, 3.63) is 82.1 Å². The predicted molar refractivity (Wildman–Crippen MR) is 223 cm³/mol. The number of esters is 1. The van der Waals surface area contributed by atoms with Crippen LogP contribution < -0.4 is 19.7 Å². The summed E-state index contributed by atoms with van der Waals surface area (Å²) in [5.41, 5.74) is 0.986. The number of carbonyl (C=O) groups excluding carboxylic acids is 3. The third kappa shape index (κ3) is 9.66. The van der Waals surface area contributed by atoms with Gasteiger partial charge in [-0.1, -0.05) is 37.6 Å². The van der Waals surface area contributed by atoms with E-state index in [1.165, 1.54) is 29.8 Å². The van der Waals surface area contributed by atoms with Crippen molar-refractivity contribution in [3.63, 3.8) is 0 Å². The number of rotatable bonds is 12. The van der Waals surface area contributed by atoms with E-state index in [2.05, 4.69) is 24.1 Å². The fourth-order valence-corrected chi connectivity index (χ4v) is 9.91. The second-order valence-corrected chi connectivity index (χ2v) is 18.4. The number of nitrogens with one attached hydrogen (secondary N) is 1. The van der Waals surface area contributed by atoms with Crippen LogP contribution in [0.15, 0.2) is 54.7 Å². The molecule has 0 saturated heterocycles. The van der Waals surface area contributed by atoms with Crippen LogP contribution in [0.2, 0.25) is 5.02 Å². The summed E-state index contributed by atoms with van der Waals surface area (Å²) in [5.74, 6) is -1.22. The second-order valence-electron chi connectivity index (χ2n) is 17.9. The van der Waals surface area contributed by atoms with Gasteiger partial charge in [-0.15, -0.1) is 0 Å². The monoisotopic (exact) mass is 855 g/mol. The van der Waals surface area contributed by atoms with E-state index in [4.69, 9.17) is 30.5 Å². The SMILES string of the molecule is COC(=O)C1(N(C(=O)C(F)(F)F)c2cccc(Cl)c2)CCC2(CC1)c1cc(O[C@@H](C)CNC(=O)OC(C)(C)C)ccc1C[C@@H]2C[C@@H](C)COc1ccnc2c1[C@H](C)CCC2. The molecule has 6 rings (SSSR count). The van der Waals surface area contributed by atoms with E-state index in [0.29, 0.717) is 29.6 Å². The fraction of sp³-hybridized carbons (Fsp3) is 0.565. The number of nitrogens with zero attached hydrogens (tertiary/aromatic N) is 2. The molecule has 3 aromatic rings. The molecule has 1 aromatic heterocycles. The number of ether oxygens (including phenoxy) is 4. The molecule has 1 N–H and O–H groups in total.